The van der Waals surface area contributed by atoms with Gasteiger partial charge in [-0.3, -0.25) is 19.7 Å². The van der Waals surface area contributed by atoms with Crippen LogP contribution in [0.4, 0.5) is 0 Å². The molecule has 3 rings (SSSR count). The lowest BCUT2D eigenvalue weighted by atomic mass is 10.1. The van der Waals surface area contributed by atoms with E-state index in [-0.39, 0.29) is 12.5 Å². The first-order valence-corrected chi connectivity index (χ1v) is 8.91. The van der Waals surface area contributed by atoms with Gasteiger partial charge in [0.1, 0.15) is 0 Å². The van der Waals surface area contributed by atoms with Crippen LogP contribution in [0.15, 0.2) is 42.7 Å². The maximum absolute atomic E-state index is 11.6. The van der Waals surface area contributed by atoms with E-state index in [0.717, 1.165) is 49.7 Å². The molecular formula is C20H25N5O. The lowest BCUT2D eigenvalue weighted by Crippen LogP contribution is -2.50. The topological polar surface area (TPSA) is 75.4 Å². The summed E-state index contributed by atoms with van der Waals surface area (Å²) in [6.45, 7) is 6.28. The minimum atomic E-state index is 0.0364. The Kier molecular flexibility index (Phi) is 6.09. The van der Waals surface area contributed by atoms with Crippen LogP contribution in [-0.4, -0.2) is 64.9 Å². The third-order valence-electron chi connectivity index (χ3n) is 4.54. The molecule has 0 atom stereocenters. The molecule has 0 saturated carbocycles. The van der Waals surface area contributed by atoms with Crippen molar-refractivity contribution in [2.75, 3.05) is 39.3 Å². The molecule has 1 aliphatic rings. The molecule has 0 spiro atoms. The van der Waals surface area contributed by atoms with Gasteiger partial charge < -0.3 is 10.6 Å². The molecule has 0 aromatic carbocycles. The Labute approximate surface area is 154 Å². The van der Waals surface area contributed by atoms with E-state index in [0.29, 0.717) is 0 Å². The largest absolute Gasteiger partial charge is 0.339 e. The van der Waals surface area contributed by atoms with Crippen molar-refractivity contribution in [1.29, 1.82) is 0 Å². The van der Waals surface area contributed by atoms with Crippen molar-refractivity contribution in [3.05, 3.63) is 53.9 Å². The van der Waals surface area contributed by atoms with E-state index < -0.39 is 0 Å². The highest BCUT2D eigenvalue weighted by Crippen LogP contribution is 2.17. The van der Waals surface area contributed by atoms with Crippen molar-refractivity contribution < 1.29 is 4.79 Å². The van der Waals surface area contributed by atoms with Crippen LogP contribution in [0, 0.1) is 6.92 Å². The number of rotatable bonds is 5. The van der Waals surface area contributed by atoms with E-state index >= 15 is 0 Å². The fraction of sp³-hybridized carbons (Fsp3) is 0.350. The van der Waals surface area contributed by atoms with Crippen LogP contribution in [0.2, 0.25) is 0 Å². The Morgan fingerprint density at radius 1 is 1.12 bits per heavy atom. The van der Waals surface area contributed by atoms with Crippen molar-refractivity contribution >= 4 is 12.0 Å². The molecule has 1 fully saturated rings. The van der Waals surface area contributed by atoms with E-state index in [1.165, 1.54) is 5.56 Å². The van der Waals surface area contributed by atoms with E-state index in [1.54, 1.807) is 0 Å². The van der Waals surface area contributed by atoms with Gasteiger partial charge in [0.15, 0.2) is 0 Å². The second kappa shape index (κ2) is 8.69. The van der Waals surface area contributed by atoms with E-state index in [2.05, 4.69) is 40.0 Å². The Bertz CT molecular complexity index is 781. The quantitative estimate of drug-likeness (QED) is 0.885. The van der Waals surface area contributed by atoms with Gasteiger partial charge in [-0.15, -0.1) is 0 Å². The SMILES string of the molecule is Cc1ccnc(-c2cc(/C=C/CN3CCN(C(=O)CN)CC3)ccn2)c1. The zero-order valence-corrected chi connectivity index (χ0v) is 15.1. The molecule has 2 N–H and O–H groups in total. The van der Waals surface area contributed by atoms with Crippen LogP contribution in [0.25, 0.3) is 17.5 Å². The van der Waals surface area contributed by atoms with Gasteiger partial charge in [0.05, 0.1) is 17.9 Å². The van der Waals surface area contributed by atoms with E-state index in [9.17, 15) is 4.79 Å². The molecule has 6 nitrogen and oxygen atoms in total. The molecule has 136 valence electrons. The highest BCUT2D eigenvalue weighted by Gasteiger charge is 2.18. The summed E-state index contributed by atoms with van der Waals surface area (Å²) in [6, 6.07) is 8.07. The monoisotopic (exact) mass is 351 g/mol. The third-order valence-corrected chi connectivity index (χ3v) is 4.54. The minimum Gasteiger partial charge on any atom is -0.339 e. The van der Waals surface area contributed by atoms with Gasteiger partial charge in [-0.25, -0.2) is 0 Å². The first-order valence-electron chi connectivity index (χ1n) is 8.91. The normalized spacial score (nSPS) is 15.5. The minimum absolute atomic E-state index is 0.0364. The molecule has 2 aromatic rings. The number of carbonyl (C=O) groups is 1. The summed E-state index contributed by atoms with van der Waals surface area (Å²) < 4.78 is 0. The molecule has 0 radical (unpaired) electrons. The van der Waals surface area contributed by atoms with Crippen molar-refractivity contribution in [3.8, 4) is 11.4 Å². The average molecular weight is 351 g/mol. The number of nitrogens with zero attached hydrogens (tertiary/aromatic N) is 4. The zero-order valence-electron chi connectivity index (χ0n) is 15.1. The number of pyridine rings is 2. The van der Waals surface area contributed by atoms with Gasteiger partial charge in [0.2, 0.25) is 5.91 Å². The van der Waals surface area contributed by atoms with Crippen LogP contribution in [0.1, 0.15) is 11.1 Å². The molecule has 26 heavy (non-hydrogen) atoms. The Morgan fingerprint density at radius 2 is 1.81 bits per heavy atom. The van der Waals surface area contributed by atoms with Gasteiger partial charge in [0, 0.05) is 45.1 Å². The molecule has 3 heterocycles. The Morgan fingerprint density at radius 3 is 2.50 bits per heavy atom. The molecule has 0 unspecified atom stereocenters. The van der Waals surface area contributed by atoms with Crippen LogP contribution >= 0.6 is 0 Å². The van der Waals surface area contributed by atoms with E-state index in [1.807, 2.05) is 35.5 Å². The van der Waals surface area contributed by atoms with Gasteiger partial charge >= 0.3 is 0 Å². The highest BCUT2D eigenvalue weighted by molar-refractivity contribution is 5.78. The summed E-state index contributed by atoms with van der Waals surface area (Å²) in [5, 5.41) is 0. The van der Waals surface area contributed by atoms with Gasteiger partial charge in [-0.05, 0) is 42.3 Å². The zero-order chi connectivity index (χ0) is 18.4. The third kappa shape index (κ3) is 4.74. The molecule has 1 amide bonds. The molecule has 2 aromatic heterocycles. The number of carbonyl (C=O) groups excluding carboxylic acids is 1. The van der Waals surface area contributed by atoms with Gasteiger partial charge in [-0.2, -0.15) is 0 Å². The average Bonchev–Trinajstić information content (AvgIpc) is 2.68. The second-order valence-electron chi connectivity index (χ2n) is 6.48. The molecular weight excluding hydrogens is 326 g/mol. The molecule has 0 bridgehead atoms. The summed E-state index contributed by atoms with van der Waals surface area (Å²) in [5.74, 6) is 0.0364. The number of hydrogen-bond acceptors (Lipinski definition) is 5. The van der Waals surface area contributed by atoms with Crippen molar-refractivity contribution in [2.24, 2.45) is 5.73 Å². The lowest BCUT2D eigenvalue weighted by Gasteiger charge is -2.33. The first kappa shape index (κ1) is 18.2. The molecule has 1 aliphatic heterocycles. The summed E-state index contributed by atoms with van der Waals surface area (Å²) in [5.41, 5.74) is 9.47. The fourth-order valence-corrected chi connectivity index (χ4v) is 3.01. The molecule has 0 aliphatic carbocycles. The van der Waals surface area contributed by atoms with Crippen LogP contribution in [0.5, 0.6) is 0 Å². The predicted molar refractivity (Wildman–Crippen MR) is 103 cm³/mol. The summed E-state index contributed by atoms with van der Waals surface area (Å²) >= 11 is 0. The summed E-state index contributed by atoms with van der Waals surface area (Å²) in [6.07, 6.45) is 7.89. The predicted octanol–water partition coefficient (Wildman–Crippen LogP) is 1.57. The van der Waals surface area contributed by atoms with Crippen LogP contribution < -0.4 is 5.73 Å². The fourth-order valence-electron chi connectivity index (χ4n) is 3.01. The lowest BCUT2D eigenvalue weighted by molar-refractivity contribution is -0.131. The van der Waals surface area contributed by atoms with Crippen LogP contribution in [-0.2, 0) is 4.79 Å². The molecule has 6 heteroatoms. The standard InChI is InChI=1S/C20H25N5O/c1-16-4-6-22-18(13-16)19-14-17(5-7-23-19)3-2-8-24-9-11-25(12-10-24)20(26)15-21/h2-7,13-14H,8-12,15,21H2,1H3/b3-2+. The molecule has 1 saturated heterocycles. The number of amides is 1. The number of aryl methyl sites for hydroxylation is 1. The van der Waals surface area contributed by atoms with E-state index in [4.69, 9.17) is 5.73 Å². The van der Waals surface area contributed by atoms with Crippen molar-refractivity contribution in [1.82, 2.24) is 19.8 Å². The van der Waals surface area contributed by atoms with Crippen molar-refractivity contribution in [2.45, 2.75) is 6.92 Å². The first-order chi connectivity index (χ1) is 12.7. The smallest absolute Gasteiger partial charge is 0.236 e. The number of aromatic nitrogens is 2. The van der Waals surface area contributed by atoms with Gasteiger partial charge in [0.25, 0.3) is 0 Å². The second-order valence-corrected chi connectivity index (χ2v) is 6.48. The maximum Gasteiger partial charge on any atom is 0.236 e. The number of piperazine rings is 1. The summed E-state index contributed by atoms with van der Waals surface area (Å²) in [4.78, 5) is 24.6. The summed E-state index contributed by atoms with van der Waals surface area (Å²) in [7, 11) is 0. The van der Waals surface area contributed by atoms with Gasteiger partial charge in [-0.1, -0.05) is 12.2 Å². The Hall–Kier alpha value is -2.57. The maximum atomic E-state index is 11.6. The van der Waals surface area contributed by atoms with Crippen LogP contribution in [0.3, 0.4) is 0 Å². The van der Waals surface area contributed by atoms with Crippen molar-refractivity contribution in [3.63, 3.8) is 0 Å². The number of hydrogen-bond donors (Lipinski definition) is 1. The highest BCUT2D eigenvalue weighted by atomic mass is 16.2. The Balaban J connectivity index is 1.56. The number of nitrogens with two attached hydrogens (primary N) is 1.